The van der Waals surface area contributed by atoms with E-state index < -0.39 is 6.09 Å². The van der Waals surface area contributed by atoms with Crippen LogP contribution in [0.3, 0.4) is 0 Å². The number of fused-ring (bicyclic) bond motifs is 1. The highest BCUT2D eigenvalue weighted by Crippen LogP contribution is 2.32. The van der Waals surface area contributed by atoms with Gasteiger partial charge in [0.15, 0.2) is 5.76 Å². The highest BCUT2D eigenvalue weighted by atomic mass is 16.5. The molecule has 1 aliphatic heterocycles. The first-order valence-electron chi connectivity index (χ1n) is 6.52. The summed E-state index contributed by atoms with van der Waals surface area (Å²) in [5, 5.41) is 2.59. The van der Waals surface area contributed by atoms with Gasteiger partial charge in [0.05, 0.1) is 13.4 Å². The first kappa shape index (κ1) is 13.2. The Hall–Kier alpha value is -2.76. The molecule has 0 aliphatic carbocycles. The topological polar surface area (TPSA) is 71.8 Å². The molecule has 6 heteroatoms. The van der Waals surface area contributed by atoms with E-state index in [1.54, 1.807) is 29.2 Å². The molecule has 21 heavy (non-hydrogen) atoms. The normalized spacial score (nSPS) is 12.9. The minimum atomic E-state index is -0.545. The van der Waals surface area contributed by atoms with E-state index >= 15 is 0 Å². The first-order valence-corrected chi connectivity index (χ1v) is 6.52. The Morgan fingerprint density at radius 2 is 2.19 bits per heavy atom. The summed E-state index contributed by atoms with van der Waals surface area (Å²) in [6, 6.07) is 8.77. The number of hydrogen-bond donors (Lipinski definition) is 1. The van der Waals surface area contributed by atoms with E-state index in [0.717, 1.165) is 17.7 Å². The second kappa shape index (κ2) is 5.32. The van der Waals surface area contributed by atoms with E-state index in [-0.39, 0.29) is 5.91 Å². The third-order valence-electron chi connectivity index (χ3n) is 3.39. The average molecular weight is 286 g/mol. The Bertz CT molecular complexity index is 679. The zero-order valence-electron chi connectivity index (χ0n) is 11.5. The SMILES string of the molecule is COC(=O)Nc1ccc2c(c1)N(C(=O)c1ccco1)CC2. The molecule has 1 aromatic heterocycles. The van der Waals surface area contributed by atoms with E-state index in [2.05, 4.69) is 10.1 Å². The Kier molecular flexibility index (Phi) is 3.35. The van der Waals surface area contributed by atoms with Gasteiger partial charge in [0.2, 0.25) is 0 Å². The molecule has 2 aromatic rings. The van der Waals surface area contributed by atoms with Crippen molar-refractivity contribution in [2.75, 3.05) is 23.9 Å². The molecule has 0 saturated carbocycles. The molecule has 108 valence electrons. The van der Waals surface area contributed by atoms with Crippen molar-refractivity contribution in [2.45, 2.75) is 6.42 Å². The number of benzene rings is 1. The fourth-order valence-electron chi connectivity index (χ4n) is 2.37. The van der Waals surface area contributed by atoms with Gasteiger partial charge in [-0.2, -0.15) is 0 Å². The number of anilines is 2. The van der Waals surface area contributed by atoms with Crippen molar-refractivity contribution in [1.82, 2.24) is 0 Å². The van der Waals surface area contributed by atoms with Crippen LogP contribution in [0.2, 0.25) is 0 Å². The lowest BCUT2D eigenvalue weighted by atomic mass is 10.1. The van der Waals surface area contributed by atoms with Crippen LogP contribution in [0.1, 0.15) is 16.1 Å². The number of carbonyl (C=O) groups excluding carboxylic acids is 2. The molecular weight excluding hydrogens is 272 g/mol. The average Bonchev–Trinajstić information content (AvgIpc) is 3.15. The Balaban J connectivity index is 1.88. The Morgan fingerprint density at radius 3 is 2.90 bits per heavy atom. The Morgan fingerprint density at radius 1 is 1.33 bits per heavy atom. The maximum Gasteiger partial charge on any atom is 0.411 e. The molecule has 0 saturated heterocycles. The molecule has 2 amide bonds. The number of furan rings is 1. The highest BCUT2D eigenvalue weighted by molar-refractivity contribution is 6.06. The molecule has 0 fully saturated rings. The number of nitrogens with one attached hydrogen (secondary N) is 1. The van der Waals surface area contributed by atoms with Crippen LogP contribution in [0.5, 0.6) is 0 Å². The van der Waals surface area contributed by atoms with Gasteiger partial charge in [-0.25, -0.2) is 4.79 Å². The van der Waals surface area contributed by atoms with Crippen LogP contribution in [-0.4, -0.2) is 25.7 Å². The lowest BCUT2D eigenvalue weighted by Gasteiger charge is -2.16. The zero-order valence-corrected chi connectivity index (χ0v) is 11.5. The molecule has 6 nitrogen and oxygen atoms in total. The second-order valence-corrected chi connectivity index (χ2v) is 4.64. The predicted octanol–water partition coefficient (Wildman–Crippen LogP) is 2.66. The van der Waals surface area contributed by atoms with E-state index in [1.165, 1.54) is 13.4 Å². The van der Waals surface area contributed by atoms with Crippen LogP contribution in [0.25, 0.3) is 0 Å². The number of ether oxygens (including phenoxy) is 1. The summed E-state index contributed by atoms with van der Waals surface area (Å²) in [6.45, 7) is 0.594. The number of nitrogens with zero attached hydrogens (tertiary/aromatic N) is 1. The van der Waals surface area contributed by atoms with Crippen molar-refractivity contribution in [1.29, 1.82) is 0 Å². The number of hydrogen-bond acceptors (Lipinski definition) is 4. The summed E-state index contributed by atoms with van der Waals surface area (Å²) < 4.78 is 9.72. The maximum atomic E-state index is 12.4. The summed E-state index contributed by atoms with van der Waals surface area (Å²) in [5.41, 5.74) is 2.43. The molecule has 0 atom stereocenters. The van der Waals surface area contributed by atoms with Crippen LogP contribution in [0.15, 0.2) is 41.0 Å². The molecule has 0 spiro atoms. The number of amides is 2. The maximum absolute atomic E-state index is 12.4. The molecule has 3 rings (SSSR count). The van der Waals surface area contributed by atoms with Crippen molar-refractivity contribution in [3.8, 4) is 0 Å². The third-order valence-corrected chi connectivity index (χ3v) is 3.39. The highest BCUT2D eigenvalue weighted by Gasteiger charge is 2.27. The smallest absolute Gasteiger partial charge is 0.411 e. The Labute approximate surface area is 121 Å². The number of rotatable bonds is 2. The lowest BCUT2D eigenvalue weighted by Crippen LogP contribution is -2.28. The van der Waals surface area contributed by atoms with Gasteiger partial charge in [0.1, 0.15) is 0 Å². The summed E-state index contributed by atoms with van der Waals surface area (Å²) in [7, 11) is 1.30. The fourth-order valence-corrected chi connectivity index (χ4v) is 2.37. The molecule has 0 unspecified atom stereocenters. The molecule has 1 aromatic carbocycles. The van der Waals surface area contributed by atoms with Gasteiger partial charge in [-0.05, 0) is 36.2 Å². The van der Waals surface area contributed by atoms with Crippen LogP contribution in [0.4, 0.5) is 16.2 Å². The largest absolute Gasteiger partial charge is 0.459 e. The first-order chi connectivity index (χ1) is 10.2. The van der Waals surface area contributed by atoms with Crippen molar-refractivity contribution >= 4 is 23.4 Å². The summed E-state index contributed by atoms with van der Waals surface area (Å²) in [4.78, 5) is 25.3. The van der Waals surface area contributed by atoms with Gasteiger partial charge in [-0.3, -0.25) is 10.1 Å². The van der Waals surface area contributed by atoms with Crippen molar-refractivity contribution in [3.63, 3.8) is 0 Å². The standard InChI is InChI=1S/C15H14N2O4/c1-20-15(19)16-11-5-4-10-6-7-17(12(10)9-11)14(18)13-3-2-8-21-13/h2-5,8-9H,6-7H2,1H3,(H,16,19). The molecule has 2 heterocycles. The summed E-state index contributed by atoms with van der Waals surface area (Å²) >= 11 is 0. The molecular formula is C15H14N2O4. The quantitative estimate of drug-likeness (QED) is 0.921. The van der Waals surface area contributed by atoms with E-state index in [0.29, 0.717) is 18.0 Å². The number of carbonyl (C=O) groups is 2. The van der Waals surface area contributed by atoms with E-state index in [4.69, 9.17) is 4.42 Å². The molecule has 1 aliphatic rings. The predicted molar refractivity (Wildman–Crippen MR) is 76.6 cm³/mol. The molecule has 0 radical (unpaired) electrons. The minimum Gasteiger partial charge on any atom is -0.459 e. The van der Waals surface area contributed by atoms with Crippen LogP contribution in [0, 0.1) is 0 Å². The van der Waals surface area contributed by atoms with Gasteiger partial charge in [0, 0.05) is 17.9 Å². The van der Waals surface area contributed by atoms with Gasteiger partial charge < -0.3 is 14.1 Å². The van der Waals surface area contributed by atoms with Crippen LogP contribution < -0.4 is 10.2 Å². The summed E-state index contributed by atoms with van der Waals surface area (Å²) in [6.07, 6.45) is 1.71. The van der Waals surface area contributed by atoms with Crippen LogP contribution in [-0.2, 0) is 11.2 Å². The molecule has 1 N–H and O–H groups in total. The summed E-state index contributed by atoms with van der Waals surface area (Å²) in [5.74, 6) is 0.114. The minimum absolute atomic E-state index is 0.186. The van der Waals surface area contributed by atoms with Crippen molar-refractivity contribution in [3.05, 3.63) is 47.9 Å². The fraction of sp³-hybridized carbons (Fsp3) is 0.200. The molecule has 0 bridgehead atoms. The number of methoxy groups -OCH3 is 1. The van der Waals surface area contributed by atoms with Crippen molar-refractivity contribution < 1.29 is 18.7 Å². The van der Waals surface area contributed by atoms with Crippen molar-refractivity contribution in [2.24, 2.45) is 0 Å². The lowest BCUT2D eigenvalue weighted by molar-refractivity contribution is 0.0963. The zero-order chi connectivity index (χ0) is 14.8. The van der Waals surface area contributed by atoms with Crippen LogP contribution >= 0.6 is 0 Å². The third kappa shape index (κ3) is 2.47. The van der Waals surface area contributed by atoms with Gasteiger partial charge in [0.25, 0.3) is 5.91 Å². The van der Waals surface area contributed by atoms with E-state index in [9.17, 15) is 9.59 Å². The van der Waals surface area contributed by atoms with E-state index in [1.807, 2.05) is 6.07 Å². The van der Waals surface area contributed by atoms with Gasteiger partial charge >= 0.3 is 6.09 Å². The van der Waals surface area contributed by atoms with Gasteiger partial charge in [-0.15, -0.1) is 0 Å². The van der Waals surface area contributed by atoms with Gasteiger partial charge in [-0.1, -0.05) is 6.07 Å². The second-order valence-electron chi connectivity index (χ2n) is 4.64. The monoisotopic (exact) mass is 286 g/mol.